The Morgan fingerprint density at radius 2 is 1.76 bits per heavy atom. The third-order valence-corrected chi connectivity index (χ3v) is 5.87. The van der Waals surface area contributed by atoms with Crippen molar-refractivity contribution in [1.82, 2.24) is 4.90 Å². The van der Waals surface area contributed by atoms with Crippen molar-refractivity contribution < 1.29 is 28.6 Å². The highest BCUT2D eigenvalue weighted by atomic mass is 16.6. The van der Waals surface area contributed by atoms with Crippen molar-refractivity contribution in [2.24, 2.45) is 0 Å². The predicted molar refractivity (Wildman–Crippen MR) is 120 cm³/mol. The first kappa shape index (κ1) is 20.9. The number of rotatable bonds is 5. The lowest BCUT2D eigenvalue weighted by atomic mass is 9.99. The van der Waals surface area contributed by atoms with E-state index >= 15 is 0 Å². The van der Waals surface area contributed by atoms with Crippen molar-refractivity contribution in [2.45, 2.75) is 19.4 Å². The van der Waals surface area contributed by atoms with Crippen LogP contribution in [0.5, 0.6) is 11.5 Å². The minimum absolute atomic E-state index is 0.000843. The van der Waals surface area contributed by atoms with Crippen LogP contribution in [0.1, 0.15) is 28.7 Å². The Kier molecular flexibility index (Phi) is 5.38. The van der Waals surface area contributed by atoms with Gasteiger partial charge in [0, 0.05) is 12.1 Å². The van der Waals surface area contributed by atoms with E-state index < -0.39 is 17.7 Å². The second-order valence-electron chi connectivity index (χ2n) is 8.03. The fourth-order valence-corrected chi connectivity index (χ4v) is 4.25. The van der Waals surface area contributed by atoms with Gasteiger partial charge in [-0.1, -0.05) is 30.3 Å². The van der Waals surface area contributed by atoms with E-state index in [2.05, 4.69) is 0 Å². The molecule has 2 aliphatic heterocycles. The monoisotopic (exact) mass is 445 g/mol. The average molecular weight is 445 g/mol. The number of hydrogen-bond donors (Lipinski definition) is 1. The molecule has 0 radical (unpaired) electrons. The lowest BCUT2D eigenvalue weighted by Crippen LogP contribution is -2.31. The second-order valence-corrected chi connectivity index (χ2v) is 8.03. The van der Waals surface area contributed by atoms with Crippen LogP contribution >= 0.6 is 0 Å². The van der Waals surface area contributed by atoms with Gasteiger partial charge in [-0.3, -0.25) is 9.59 Å². The van der Waals surface area contributed by atoms with Gasteiger partial charge >= 0.3 is 0 Å². The molecule has 1 fully saturated rings. The van der Waals surface area contributed by atoms with Crippen LogP contribution in [0.2, 0.25) is 0 Å². The van der Waals surface area contributed by atoms with E-state index in [9.17, 15) is 14.7 Å². The van der Waals surface area contributed by atoms with Crippen LogP contribution in [0.3, 0.4) is 0 Å². The van der Waals surface area contributed by atoms with Crippen LogP contribution in [-0.4, -0.2) is 41.5 Å². The van der Waals surface area contributed by atoms with Gasteiger partial charge in [-0.15, -0.1) is 0 Å². The van der Waals surface area contributed by atoms with Crippen molar-refractivity contribution in [3.63, 3.8) is 0 Å². The number of carbonyl (C=O) groups excluding carboxylic acids is 2. The first-order valence-corrected chi connectivity index (χ1v) is 10.8. The van der Waals surface area contributed by atoms with Gasteiger partial charge in [0.05, 0.1) is 5.57 Å². The Morgan fingerprint density at radius 1 is 1.00 bits per heavy atom. The lowest BCUT2D eigenvalue weighted by molar-refractivity contribution is -0.140. The van der Waals surface area contributed by atoms with Gasteiger partial charge < -0.3 is 23.9 Å². The van der Waals surface area contributed by atoms with Gasteiger partial charge in [0.25, 0.3) is 11.7 Å². The Balaban J connectivity index is 1.56. The number of aryl methyl sites for hydroxylation is 1. The molecule has 2 aromatic carbocycles. The van der Waals surface area contributed by atoms with E-state index in [1.807, 2.05) is 30.3 Å². The van der Waals surface area contributed by atoms with Gasteiger partial charge in [0.2, 0.25) is 0 Å². The average Bonchev–Trinajstić information content (AvgIpc) is 3.38. The van der Waals surface area contributed by atoms with Crippen LogP contribution in [0.15, 0.2) is 70.7 Å². The molecule has 1 atom stereocenters. The molecule has 7 heteroatoms. The van der Waals surface area contributed by atoms with Gasteiger partial charge in [-0.2, -0.15) is 0 Å². The molecule has 168 valence electrons. The molecule has 3 aromatic rings. The molecule has 1 aromatic heterocycles. The van der Waals surface area contributed by atoms with Gasteiger partial charge in [0.1, 0.15) is 36.5 Å². The zero-order valence-electron chi connectivity index (χ0n) is 18.1. The van der Waals surface area contributed by atoms with Crippen LogP contribution < -0.4 is 9.47 Å². The topological polar surface area (TPSA) is 89.2 Å². The molecule has 0 saturated carbocycles. The quantitative estimate of drug-likeness (QED) is 0.362. The number of fused-ring (bicyclic) bond motifs is 1. The standard InChI is InChI=1S/C26H23NO6/c1-16-7-9-20(33-16)23-22(24(28)18-8-10-19-21(15-18)32-14-13-31-19)25(29)26(30)27(23)12-11-17-5-3-2-4-6-17/h2-10,15,23,28H,11-14H2,1H3/b24-22+. The molecule has 1 unspecified atom stereocenters. The summed E-state index contributed by atoms with van der Waals surface area (Å²) in [4.78, 5) is 27.6. The predicted octanol–water partition coefficient (Wildman–Crippen LogP) is 4.02. The van der Waals surface area contributed by atoms with Crippen LogP contribution in [0, 0.1) is 6.92 Å². The zero-order chi connectivity index (χ0) is 22.9. The summed E-state index contributed by atoms with van der Waals surface area (Å²) in [7, 11) is 0. The smallest absolute Gasteiger partial charge is 0.295 e. The maximum absolute atomic E-state index is 13.1. The molecule has 0 bridgehead atoms. The Morgan fingerprint density at radius 3 is 2.48 bits per heavy atom. The molecular weight excluding hydrogens is 422 g/mol. The van der Waals surface area contributed by atoms with Crippen LogP contribution in [0.4, 0.5) is 0 Å². The highest BCUT2D eigenvalue weighted by Crippen LogP contribution is 2.41. The molecule has 0 aliphatic carbocycles. The Hall–Kier alpha value is -4.00. The summed E-state index contributed by atoms with van der Waals surface area (Å²) in [6, 6.07) is 17.4. The fourth-order valence-electron chi connectivity index (χ4n) is 4.25. The van der Waals surface area contributed by atoms with Gasteiger partial charge in [-0.05, 0) is 49.2 Å². The maximum atomic E-state index is 13.1. The van der Waals surface area contributed by atoms with E-state index in [0.29, 0.717) is 54.8 Å². The molecule has 1 N–H and O–H groups in total. The number of benzene rings is 2. The van der Waals surface area contributed by atoms with Crippen molar-refractivity contribution in [2.75, 3.05) is 19.8 Å². The highest BCUT2D eigenvalue weighted by molar-refractivity contribution is 6.46. The summed E-state index contributed by atoms with van der Waals surface area (Å²) in [5, 5.41) is 11.2. The first-order chi connectivity index (χ1) is 16.0. The number of ether oxygens (including phenoxy) is 2. The van der Waals surface area contributed by atoms with Crippen molar-refractivity contribution >= 4 is 17.4 Å². The molecular formula is C26H23NO6. The number of nitrogens with zero attached hydrogens (tertiary/aromatic N) is 1. The molecule has 2 aliphatic rings. The molecule has 3 heterocycles. The number of furan rings is 1. The molecule has 1 saturated heterocycles. The number of aliphatic hydroxyl groups is 1. The van der Waals surface area contributed by atoms with E-state index in [0.717, 1.165) is 5.56 Å². The summed E-state index contributed by atoms with van der Waals surface area (Å²) in [6.07, 6.45) is 0.564. The van der Waals surface area contributed by atoms with E-state index in [1.165, 1.54) is 4.90 Å². The number of aliphatic hydroxyl groups excluding tert-OH is 1. The number of carbonyl (C=O) groups is 2. The van der Waals surface area contributed by atoms with Crippen molar-refractivity contribution in [3.8, 4) is 11.5 Å². The van der Waals surface area contributed by atoms with Crippen molar-refractivity contribution in [1.29, 1.82) is 0 Å². The summed E-state index contributed by atoms with van der Waals surface area (Å²) in [6.45, 7) is 2.94. The molecule has 33 heavy (non-hydrogen) atoms. The number of Topliss-reactive ketones (excluding diaryl/α,β-unsaturated/α-hetero) is 1. The highest BCUT2D eigenvalue weighted by Gasteiger charge is 2.47. The molecule has 5 rings (SSSR count). The third-order valence-electron chi connectivity index (χ3n) is 5.87. The SMILES string of the molecule is Cc1ccc(C2/C(=C(\O)c3ccc4c(c3)OCCO4)C(=O)C(=O)N2CCc2ccccc2)o1. The normalized spacial score (nSPS) is 19.2. The zero-order valence-corrected chi connectivity index (χ0v) is 18.1. The van der Waals surface area contributed by atoms with Crippen molar-refractivity contribution in [3.05, 3.63) is 88.9 Å². The number of amides is 1. The van der Waals surface area contributed by atoms with E-state index in [-0.39, 0.29) is 11.3 Å². The molecule has 7 nitrogen and oxygen atoms in total. The summed E-state index contributed by atoms with van der Waals surface area (Å²) in [5.41, 5.74) is 1.41. The Labute approximate surface area is 190 Å². The summed E-state index contributed by atoms with van der Waals surface area (Å²) >= 11 is 0. The summed E-state index contributed by atoms with van der Waals surface area (Å²) < 4.78 is 17.0. The third kappa shape index (κ3) is 3.86. The van der Waals surface area contributed by atoms with E-state index in [1.54, 1.807) is 37.3 Å². The van der Waals surface area contributed by atoms with Crippen LogP contribution in [0.25, 0.3) is 5.76 Å². The minimum atomic E-state index is -0.824. The lowest BCUT2D eigenvalue weighted by Gasteiger charge is -2.23. The number of likely N-dealkylation sites (tertiary alicyclic amines) is 1. The largest absolute Gasteiger partial charge is 0.507 e. The minimum Gasteiger partial charge on any atom is -0.507 e. The molecule has 0 spiro atoms. The molecule has 1 amide bonds. The Bertz CT molecular complexity index is 1240. The summed E-state index contributed by atoms with van der Waals surface area (Å²) in [5.74, 6) is 0.454. The fraction of sp³-hybridized carbons (Fsp3) is 0.231. The van der Waals surface area contributed by atoms with Gasteiger partial charge in [-0.25, -0.2) is 0 Å². The first-order valence-electron chi connectivity index (χ1n) is 10.8. The second kappa shape index (κ2) is 8.50. The van der Waals surface area contributed by atoms with E-state index in [4.69, 9.17) is 13.9 Å². The number of hydrogen-bond acceptors (Lipinski definition) is 6. The maximum Gasteiger partial charge on any atom is 0.295 e. The number of ketones is 1. The van der Waals surface area contributed by atoms with Gasteiger partial charge in [0.15, 0.2) is 11.5 Å². The van der Waals surface area contributed by atoms with Crippen LogP contribution in [-0.2, 0) is 16.0 Å².